The van der Waals surface area contributed by atoms with Crippen LogP contribution in [0.4, 0.5) is 5.82 Å². The summed E-state index contributed by atoms with van der Waals surface area (Å²) >= 11 is 0. The van der Waals surface area contributed by atoms with Crippen LogP contribution in [0.3, 0.4) is 0 Å². The lowest BCUT2D eigenvalue weighted by molar-refractivity contribution is 0.306. The second-order valence-corrected chi connectivity index (χ2v) is 6.52. The predicted octanol–water partition coefficient (Wildman–Crippen LogP) is 2.26. The smallest absolute Gasteiger partial charge is 0.193 e. The molecular formula is C21H29N5O2. The number of nitrogens with zero attached hydrogens (tertiary/aromatic N) is 4. The highest BCUT2D eigenvalue weighted by atomic mass is 16.5. The van der Waals surface area contributed by atoms with Gasteiger partial charge in [0.25, 0.3) is 0 Å². The maximum atomic E-state index is 5.79. The Labute approximate surface area is 167 Å². The molecule has 0 unspecified atom stereocenters. The van der Waals surface area contributed by atoms with Crippen LogP contribution in [0.15, 0.2) is 53.7 Å². The summed E-state index contributed by atoms with van der Waals surface area (Å²) in [5.74, 6) is 3.62. The molecule has 2 aromatic rings. The first-order valence-corrected chi connectivity index (χ1v) is 9.68. The molecule has 7 nitrogen and oxygen atoms in total. The van der Waals surface area contributed by atoms with Gasteiger partial charge in [0.15, 0.2) is 5.96 Å². The second kappa shape index (κ2) is 10.4. The number of nitrogens with one attached hydrogen (secondary N) is 1. The van der Waals surface area contributed by atoms with E-state index in [4.69, 9.17) is 9.47 Å². The van der Waals surface area contributed by atoms with Gasteiger partial charge in [-0.05, 0) is 30.7 Å². The van der Waals surface area contributed by atoms with E-state index in [0.717, 1.165) is 62.4 Å². The molecule has 0 aliphatic carbocycles. The maximum absolute atomic E-state index is 5.79. The van der Waals surface area contributed by atoms with Gasteiger partial charge in [0.2, 0.25) is 0 Å². The van der Waals surface area contributed by atoms with E-state index in [-0.39, 0.29) is 0 Å². The van der Waals surface area contributed by atoms with E-state index in [9.17, 15) is 0 Å². The van der Waals surface area contributed by atoms with Gasteiger partial charge in [-0.3, -0.25) is 4.99 Å². The van der Waals surface area contributed by atoms with Crippen LogP contribution in [0, 0.1) is 0 Å². The van der Waals surface area contributed by atoms with Crippen LogP contribution in [0.5, 0.6) is 11.5 Å². The third-order valence-corrected chi connectivity index (χ3v) is 4.68. The minimum absolute atomic E-state index is 0.643. The molecule has 0 atom stereocenters. The Morgan fingerprint density at radius 2 is 1.93 bits per heavy atom. The van der Waals surface area contributed by atoms with Crippen LogP contribution in [0.1, 0.15) is 6.42 Å². The fourth-order valence-electron chi connectivity index (χ4n) is 3.17. The molecule has 0 spiro atoms. The van der Waals surface area contributed by atoms with Crippen molar-refractivity contribution in [2.45, 2.75) is 6.42 Å². The molecule has 1 aliphatic rings. The van der Waals surface area contributed by atoms with Gasteiger partial charge >= 0.3 is 0 Å². The lowest BCUT2D eigenvalue weighted by Gasteiger charge is -2.37. The molecular weight excluding hydrogens is 354 g/mol. The van der Waals surface area contributed by atoms with Gasteiger partial charge in [0.1, 0.15) is 17.3 Å². The molecule has 28 heavy (non-hydrogen) atoms. The van der Waals surface area contributed by atoms with Crippen molar-refractivity contribution >= 4 is 11.8 Å². The maximum Gasteiger partial charge on any atom is 0.193 e. The number of rotatable bonds is 7. The number of piperazine rings is 1. The van der Waals surface area contributed by atoms with Crippen LogP contribution in [0.25, 0.3) is 0 Å². The summed E-state index contributed by atoms with van der Waals surface area (Å²) < 4.78 is 11.0. The molecule has 1 fully saturated rings. The number of hydrogen-bond acceptors (Lipinski definition) is 5. The van der Waals surface area contributed by atoms with Crippen LogP contribution in [0.2, 0.25) is 0 Å². The molecule has 0 radical (unpaired) electrons. The molecule has 2 heterocycles. The van der Waals surface area contributed by atoms with Gasteiger partial charge in [0.05, 0.1) is 13.7 Å². The Kier molecular flexibility index (Phi) is 7.35. The van der Waals surface area contributed by atoms with Crippen molar-refractivity contribution in [3.63, 3.8) is 0 Å². The number of methoxy groups -OCH3 is 1. The number of guanidine groups is 1. The Balaban J connectivity index is 1.37. The molecule has 0 bridgehead atoms. The average Bonchev–Trinajstić information content (AvgIpc) is 2.77. The number of aromatic nitrogens is 1. The van der Waals surface area contributed by atoms with E-state index in [0.29, 0.717) is 6.61 Å². The fourth-order valence-corrected chi connectivity index (χ4v) is 3.17. The third-order valence-electron chi connectivity index (χ3n) is 4.68. The van der Waals surface area contributed by atoms with Crippen LogP contribution in [-0.2, 0) is 0 Å². The molecule has 1 aromatic carbocycles. The summed E-state index contributed by atoms with van der Waals surface area (Å²) in [6.45, 7) is 5.20. The highest BCUT2D eigenvalue weighted by Gasteiger charge is 2.20. The van der Waals surface area contributed by atoms with E-state index in [1.54, 1.807) is 7.11 Å². The van der Waals surface area contributed by atoms with Crippen molar-refractivity contribution in [1.82, 2.24) is 15.2 Å². The van der Waals surface area contributed by atoms with Crippen LogP contribution >= 0.6 is 0 Å². The van der Waals surface area contributed by atoms with Gasteiger partial charge in [-0.2, -0.15) is 0 Å². The van der Waals surface area contributed by atoms with Crippen LogP contribution in [-0.4, -0.2) is 69.3 Å². The molecule has 1 N–H and O–H groups in total. The highest BCUT2D eigenvalue weighted by molar-refractivity contribution is 5.80. The van der Waals surface area contributed by atoms with Crippen molar-refractivity contribution in [3.8, 4) is 11.5 Å². The molecule has 150 valence electrons. The average molecular weight is 383 g/mol. The molecule has 1 aromatic heterocycles. The SMILES string of the molecule is CN=C(NCCCOc1cccc(OC)c1)N1CCN(c2ccccn2)CC1. The van der Waals surface area contributed by atoms with Crippen molar-refractivity contribution < 1.29 is 9.47 Å². The number of aliphatic imine (C=N–C) groups is 1. The standard InChI is InChI=1S/C21H29N5O2/c1-22-21(24-11-6-16-28-19-8-5-7-18(17-19)27-2)26-14-12-25(13-15-26)20-9-3-4-10-23-20/h3-5,7-10,17H,6,11-16H2,1-2H3,(H,22,24). The number of ether oxygens (including phenoxy) is 2. The summed E-state index contributed by atoms with van der Waals surface area (Å²) in [5, 5.41) is 3.44. The van der Waals surface area contributed by atoms with Crippen molar-refractivity contribution in [2.75, 3.05) is 58.4 Å². The summed E-state index contributed by atoms with van der Waals surface area (Å²) in [4.78, 5) is 13.5. The first kappa shape index (κ1) is 19.8. The number of pyridine rings is 1. The molecule has 3 rings (SSSR count). The van der Waals surface area contributed by atoms with E-state index in [1.165, 1.54) is 0 Å². The fraction of sp³-hybridized carbons (Fsp3) is 0.429. The van der Waals surface area contributed by atoms with Crippen LogP contribution < -0.4 is 19.7 Å². The monoisotopic (exact) mass is 383 g/mol. The molecule has 0 saturated carbocycles. The van der Waals surface area contributed by atoms with Gasteiger partial charge in [-0.15, -0.1) is 0 Å². The van der Waals surface area contributed by atoms with Gasteiger partial charge < -0.3 is 24.6 Å². The number of hydrogen-bond donors (Lipinski definition) is 1. The number of benzene rings is 1. The summed E-state index contributed by atoms with van der Waals surface area (Å²) in [5.41, 5.74) is 0. The van der Waals surface area contributed by atoms with Gasteiger partial charge in [-0.25, -0.2) is 4.98 Å². The summed E-state index contributed by atoms with van der Waals surface area (Å²) in [6.07, 6.45) is 2.74. The first-order chi connectivity index (χ1) is 13.8. The molecule has 7 heteroatoms. The Morgan fingerprint density at radius 3 is 2.64 bits per heavy atom. The molecule has 1 saturated heterocycles. The molecule has 0 amide bonds. The predicted molar refractivity (Wildman–Crippen MR) is 112 cm³/mol. The van der Waals surface area contributed by atoms with Crippen molar-refractivity contribution in [2.24, 2.45) is 4.99 Å². The second-order valence-electron chi connectivity index (χ2n) is 6.52. The third kappa shape index (κ3) is 5.52. The minimum Gasteiger partial charge on any atom is -0.497 e. The normalized spacial score (nSPS) is 14.7. The first-order valence-electron chi connectivity index (χ1n) is 9.68. The molecule has 1 aliphatic heterocycles. The van der Waals surface area contributed by atoms with E-state index >= 15 is 0 Å². The van der Waals surface area contributed by atoms with Crippen molar-refractivity contribution in [1.29, 1.82) is 0 Å². The lowest BCUT2D eigenvalue weighted by atomic mass is 10.3. The summed E-state index contributed by atoms with van der Waals surface area (Å²) in [7, 11) is 3.49. The van der Waals surface area contributed by atoms with Crippen molar-refractivity contribution in [3.05, 3.63) is 48.7 Å². The highest BCUT2D eigenvalue weighted by Crippen LogP contribution is 2.18. The largest absolute Gasteiger partial charge is 0.497 e. The minimum atomic E-state index is 0.643. The zero-order chi connectivity index (χ0) is 19.6. The zero-order valence-electron chi connectivity index (χ0n) is 16.7. The van der Waals surface area contributed by atoms with E-state index in [1.807, 2.05) is 49.6 Å². The van der Waals surface area contributed by atoms with Gasteiger partial charge in [-0.1, -0.05) is 12.1 Å². The Hall–Kier alpha value is -2.96. The topological polar surface area (TPSA) is 62.2 Å². The Morgan fingerprint density at radius 1 is 1.11 bits per heavy atom. The summed E-state index contributed by atoms with van der Waals surface area (Å²) in [6, 6.07) is 13.7. The number of anilines is 1. The van der Waals surface area contributed by atoms with Gasteiger partial charge in [0, 0.05) is 52.0 Å². The lowest BCUT2D eigenvalue weighted by Crippen LogP contribution is -2.52. The zero-order valence-corrected chi connectivity index (χ0v) is 16.7. The van der Waals surface area contributed by atoms with E-state index < -0.39 is 0 Å². The Bertz CT molecular complexity index is 745. The quantitative estimate of drug-likeness (QED) is 0.450. The van der Waals surface area contributed by atoms with E-state index in [2.05, 4.69) is 31.2 Å².